The van der Waals surface area contributed by atoms with Crippen LogP contribution in [0.4, 0.5) is 0 Å². The van der Waals surface area contributed by atoms with Crippen LogP contribution < -0.4 is 0 Å². The van der Waals surface area contributed by atoms with E-state index in [-0.39, 0.29) is 0 Å². The summed E-state index contributed by atoms with van der Waals surface area (Å²) < 4.78 is 0. The second kappa shape index (κ2) is 5.84. The zero-order valence-electron chi connectivity index (χ0n) is 11.1. The summed E-state index contributed by atoms with van der Waals surface area (Å²) in [5, 5.41) is 0. The zero-order chi connectivity index (χ0) is 14.1. The fourth-order valence-electron chi connectivity index (χ4n) is 2.12. The molecule has 0 saturated carbocycles. The van der Waals surface area contributed by atoms with Gasteiger partial charge in [0, 0.05) is 35.4 Å². The lowest BCUT2D eigenvalue weighted by atomic mass is 10.3. The van der Waals surface area contributed by atoms with Crippen LogP contribution in [0.1, 0.15) is 0 Å². The molecule has 1 aliphatic rings. The maximum atomic E-state index is 3.56. The number of rotatable bonds is 2. The molecule has 0 aliphatic carbocycles. The van der Waals surface area contributed by atoms with E-state index in [9.17, 15) is 0 Å². The number of fused-ring (bicyclic) bond motifs is 2. The van der Waals surface area contributed by atoms with Crippen molar-refractivity contribution in [3.8, 4) is 0 Å². The van der Waals surface area contributed by atoms with Crippen LogP contribution in [0.2, 0.25) is 0 Å². The summed E-state index contributed by atoms with van der Waals surface area (Å²) >= 11 is 5.42. The maximum Gasteiger partial charge on any atom is 0.0353 e. The molecule has 1 radical (unpaired) electrons. The van der Waals surface area contributed by atoms with Gasteiger partial charge < -0.3 is 0 Å². The maximum absolute atomic E-state index is 3.56. The fraction of sp³-hybridized carbons (Fsp3) is 0. The number of benzene rings is 3. The van der Waals surface area contributed by atoms with Crippen molar-refractivity contribution in [2.75, 3.05) is 0 Å². The van der Waals surface area contributed by atoms with Crippen LogP contribution in [0, 0.1) is 6.07 Å². The van der Waals surface area contributed by atoms with Gasteiger partial charge in [0.15, 0.2) is 0 Å². The molecule has 0 fully saturated rings. The van der Waals surface area contributed by atoms with Crippen molar-refractivity contribution >= 4 is 35.3 Å². The van der Waals surface area contributed by atoms with E-state index in [1.54, 1.807) is 11.8 Å². The Balaban J connectivity index is 1.64. The smallest absolute Gasteiger partial charge is 0.0353 e. The van der Waals surface area contributed by atoms with Gasteiger partial charge in [-0.3, -0.25) is 0 Å². The molecule has 1 aliphatic heterocycles. The van der Waals surface area contributed by atoms with Crippen LogP contribution in [0.15, 0.2) is 96.1 Å². The average Bonchev–Trinajstić information content (AvgIpc) is 2.54. The second-order valence-electron chi connectivity index (χ2n) is 4.58. The lowest BCUT2D eigenvalue weighted by Gasteiger charge is -2.18. The van der Waals surface area contributed by atoms with Gasteiger partial charge in [0.05, 0.1) is 0 Å². The van der Waals surface area contributed by atoms with Crippen LogP contribution in [0.25, 0.3) is 0 Å². The van der Waals surface area contributed by atoms with Crippen LogP contribution in [0.3, 0.4) is 0 Å². The lowest BCUT2D eigenvalue weighted by Crippen LogP contribution is -1.89. The van der Waals surface area contributed by atoms with Crippen molar-refractivity contribution in [2.45, 2.75) is 29.4 Å². The Morgan fingerprint density at radius 1 is 0.667 bits per heavy atom. The van der Waals surface area contributed by atoms with Gasteiger partial charge >= 0.3 is 0 Å². The summed E-state index contributed by atoms with van der Waals surface area (Å²) in [5.74, 6) is 0. The van der Waals surface area contributed by atoms with E-state index in [4.69, 9.17) is 0 Å². The van der Waals surface area contributed by atoms with Gasteiger partial charge in [-0.05, 0) is 36.4 Å². The molecule has 0 aromatic heterocycles. The number of hydrogen-bond donors (Lipinski definition) is 0. The summed E-state index contributed by atoms with van der Waals surface area (Å²) in [6.07, 6.45) is 0. The van der Waals surface area contributed by atoms with Crippen LogP contribution >= 0.6 is 35.3 Å². The molecule has 4 rings (SSSR count). The summed E-state index contributed by atoms with van der Waals surface area (Å²) in [7, 11) is 0. The second-order valence-corrected chi connectivity index (χ2v) is 7.83. The van der Waals surface area contributed by atoms with Gasteiger partial charge in [-0.25, -0.2) is 0 Å². The largest absolute Gasteiger partial charge is 0.0894 e. The first-order valence-electron chi connectivity index (χ1n) is 6.62. The molecule has 3 heteroatoms. The van der Waals surface area contributed by atoms with Gasteiger partial charge in [0.1, 0.15) is 0 Å². The molecular weight excluding hydrogens is 312 g/mol. The van der Waals surface area contributed by atoms with Crippen molar-refractivity contribution in [2.24, 2.45) is 0 Å². The van der Waals surface area contributed by atoms with Crippen molar-refractivity contribution in [3.63, 3.8) is 0 Å². The molecule has 0 bridgehead atoms. The molecule has 0 spiro atoms. The molecule has 101 valence electrons. The zero-order valence-corrected chi connectivity index (χ0v) is 13.5. The van der Waals surface area contributed by atoms with Crippen molar-refractivity contribution in [1.29, 1.82) is 0 Å². The van der Waals surface area contributed by atoms with E-state index in [2.05, 4.69) is 66.7 Å². The molecule has 0 amide bonds. The lowest BCUT2D eigenvalue weighted by molar-refractivity contribution is 1.12. The Hall–Kier alpha value is -1.29. The van der Waals surface area contributed by atoms with Crippen molar-refractivity contribution in [1.82, 2.24) is 0 Å². The molecule has 21 heavy (non-hydrogen) atoms. The summed E-state index contributed by atoms with van der Waals surface area (Å²) in [5.41, 5.74) is 0. The third-order valence-electron chi connectivity index (χ3n) is 3.10. The topological polar surface area (TPSA) is 0 Å². The Morgan fingerprint density at radius 2 is 1.38 bits per heavy atom. The monoisotopic (exact) mass is 323 g/mol. The molecule has 3 aromatic carbocycles. The van der Waals surface area contributed by atoms with E-state index in [1.165, 1.54) is 29.4 Å². The molecular formula is C18H11S3. The first-order valence-corrected chi connectivity index (χ1v) is 9.07. The Labute approximate surface area is 137 Å². The third kappa shape index (κ3) is 2.86. The Kier molecular flexibility index (Phi) is 3.72. The van der Waals surface area contributed by atoms with E-state index >= 15 is 0 Å². The Morgan fingerprint density at radius 3 is 2.19 bits per heavy atom. The van der Waals surface area contributed by atoms with Gasteiger partial charge in [-0.15, -0.1) is 0 Å². The summed E-state index contributed by atoms with van der Waals surface area (Å²) in [4.78, 5) is 7.63. The molecule has 0 N–H and O–H groups in total. The van der Waals surface area contributed by atoms with E-state index in [0.29, 0.717) is 0 Å². The first-order chi connectivity index (χ1) is 10.4. The highest BCUT2D eigenvalue weighted by molar-refractivity contribution is 8.05. The minimum absolute atomic E-state index is 1.17. The molecule has 0 nitrogen and oxygen atoms in total. The quantitative estimate of drug-likeness (QED) is 0.428. The van der Waals surface area contributed by atoms with Crippen molar-refractivity contribution < 1.29 is 0 Å². The van der Waals surface area contributed by atoms with Gasteiger partial charge in [-0.1, -0.05) is 65.6 Å². The minimum Gasteiger partial charge on any atom is -0.0894 e. The van der Waals surface area contributed by atoms with E-state index in [1.807, 2.05) is 29.6 Å². The molecule has 0 atom stereocenters. The van der Waals surface area contributed by atoms with Crippen LogP contribution in [0.5, 0.6) is 0 Å². The van der Waals surface area contributed by atoms with E-state index in [0.717, 1.165) is 0 Å². The SMILES string of the molecule is [c]1c(Sc2ccccc2)ccc2c1Sc1ccccc1S2. The summed E-state index contributed by atoms with van der Waals surface area (Å²) in [6, 6.07) is 27.0. The summed E-state index contributed by atoms with van der Waals surface area (Å²) in [6.45, 7) is 0. The van der Waals surface area contributed by atoms with Crippen LogP contribution in [-0.2, 0) is 0 Å². The minimum atomic E-state index is 1.17. The fourth-order valence-corrected chi connectivity index (χ4v) is 5.22. The van der Waals surface area contributed by atoms with Crippen molar-refractivity contribution in [3.05, 3.63) is 72.8 Å². The van der Waals surface area contributed by atoms with Gasteiger partial charge in [-0.2, -0.15) is 0 Å². The standard InChI is InChI=1S/C18H11S3/c1-2-6-13(7-3-1)19-14-10-11-17-18(12-14)21-16-9-5-4-8-15(16)20-17/h1-11H. The normalized spacial score (nSPS) is 12.6. The van der Waals surface area contributed by atoms with E-state index < -0.39 is 0 Å². The van der Waals surface area contributed by atoms with Gasteiger partial charge in [0.25, 0.3) is 0 Å². The Bertz CT molecular complexity index is 781. The highest BCUT2D eigenvalue weighted by atomic mass is 32.2. The molecule has 3 aromatic rings. The highest BCUT2D eigenvalue weighted by Gasteiger charge is 2.17. The number of hydrogen-bond acceptors (Lipinski definition) is 3. The average molecular weight is 323 g/mol. The third-order valence-corrected chi connectivity index (χ3v) is 6.56. The van der Waals surface area contributed by atoms with Gasteiger partial charge in [0.2, 0.25) is 0 Å². The molecule has 1 heterocycles. The predicted octanol–water partition coefficient (Wildman–Crippen LogP) is 6.25. The first kappa shape index (κ1) is 13.4. The molecule has 0 unspecified atom stereocenters. The highest BCUT2D eigenvalue weighted by Crippen LogP contribution is 2.49. The molecule has 0 saturated heterocycles. The van der Waals surface area contributed by atoms with Crippen LogP contribution in [-0.4, -0.2) is 0 Å². The predicted molar refractivity (Wildman–Crippen MR) is 90.5 cm³/mol.